The Bertz CT molecular complexity index is 243. The van der Waals surface area contributed by atoms with E-state index in [1.165, 1.54) is 0 Å². The Hall–Kier alpha value is -1.10. The Kier molecular flexibility index (Phi) is 6.72. The summed E-state index contributed by atoms with van der Waals surface area (Å²) in [6.07, 6.45) is 1.42. The summed E-state index contributed by atoms with van der Waals surface area (Å²) in [6, 6.07) is -0.503. The minimum absolute atomic E-state index is 0.0625. The first-order valence-corrected chi connectivity index (χ1v) is 5.58. The number of nitrogens with one attached hydrogen (secondary N) is 1. The van der Waals surface area contributed by atoms with Gasteiger partial charge in [0, 0.05) is 19.5 Å². The smallest absolute Gasteiger partial charge is 0.320 e. The van der Waals surface area contributed by atoms with E-state index in [-0.39, 0.29) is 11.8 Å². The highest BCUT2D eigenvalue weighted by Gasteiger charge is 2.24. The van der Waals surface area contributed by atoms with Crippen LogP contribution in [-0.4, -0.2) is 48.6 Å². The van der Waals surface area contributed by atoms with Crippen LogP contribution in [0.4, 0.5) is 0 Å². The van der Waals surface area contributed by atoms with Gasteiger partial charge < -0.3 is 10.4 Å². The molecule has 0 spiro atoms. The third-order valence-electron chi connectivity index (χ3n) is 2.64. The number of carbonyl (C=O) groups excluding carboxylic acids is 1. The first kappa shape index (κ1) is 14.9. The largest absolute Gasteiger partial charge is 0.480 e. The molecule has 0 aliphatic heterocycles. The first-order valence-electron chi connectivity index (χ1n) is 5.58. The lowest BCUT2D eigenvalue weighted by atomic mass is 10.1. The average molecular weight is 230 g/mol. The maximum atomic E-state index is 11.3. The molecule has 0 aromatic carbocycles. The first-order chi connectivity index (χ1) is 7.43. The van der Waals surface area contributed by atoms with Crippen molar-refractivity contribution in [3.63, 3.8) is 0 Å². The van der Waals surface area contributed by atoms with Gasteiger partial charge in [-0.05, 0) is 13.5 Å². The molecule has 2 atom stereocenters. The third-order valence-corrected chi connectivity index (χ3v) is 2.64. The maximum absolute atomic E-state index is 11.3. The predicted octanol–water partition coefficient (Wildman–Crippen LogP) is 0.554. The molecule has 2 N–H and O–H groups in total. The van der Waals surface area contributed by atoms with Crippen molar-refractivity contribution >= 4 is 11.9 Å². The number of hydrogen-bond acceptors (Lipinski definition) is 3. The number of aliphatic carboxylic acids is 1. The van der Waals surface area contributed by atoms with Gasteiger partial charge in [-0.2, -0.15) is 0 Å². The summed E-state index contributed by atoms with van der Waals surface area (Å²) < 4.78 is 0. The monoisotopic (exact) mass is 230 g/mol. The normalized spacial score (nSPS) is 14.6. The molecule has 0 aromatic rings. The van der Waals surface area contributed by atoms with E-state index < -0.39 is 12.0 Å². The molecule has 0 saturated carbocycles. The third kappa shape index (κ3) is 4.61. The van der Waals surface area contributed by atoms with Crippen LogP contribution in [0.15, 0.2) is 0 Å². The quantitative estimate of drug-likeness (QED) is 0.670. The zero-order chi connectivity index (χ0) is 12.7. The molecule has 2 unspecified atom stereocenters. The fourth-order valence-corrected chi connectivity index (χ4v) is 1.69. The summed E-state index contributed by atoms with van der Waals surface area (Å²) >= 11 is 0. The van der Waals surface area contributed by atoms with Crippen molar-refractivity contribution in [2.75, 3.05) is 20.6 Å². The molecular weight excluding hydrogens is 208 g/mol. The Labute approximate surface area is 96.8 Å². The standard InChI is InChI=1S/C11H22N2O3/c1-5-6-9(11(15)16)13(4)7-8(2)10(14)12-3/h8-9H,5-7H2,1-4H3,(H,12,14)(H,15,16). The lowest BCUT2D eigenvalue weighted by Crippen LogP contribution is -2.43. The van der Waals surface area contributed by atoms with Gasteiger partial charge in [0.15, 0.2) is 0 Å². The van der Waals surface area contributed by atoms with Crippen LogP contribution in [-0.2, 0) is 9.59 Å². The van der Waals surface area contributed by atoms with E-state index in [9.17, 15) is 9.59 Å². The van der Waals surface area contributed by atoms with Gasteiger partial charge in [-0.1, -0.05) is 20.3 Å². The number of carbonyl (C=O) groups is 2. The second kappa shape index (κ2) is 7.22. The van der Waals surface area contributed by atoms with E-state index in [0.29, 0.717) is 13.0 Å². The Morgan fingerprint density at radius 1 is 1.44 bits per heavy atom. The summed E-state index contributed by atoms with van der Waals surface area (Å²) in [4.78, 5) is 24.0. The van der Waals surface area contributed by atoms with E-state index >= 15 is 0 Å². The van der Waals surface area contributed by atoms with Crippen LogP contribution in [0, 0.1) is 5.92 Å². The molecule has 0 aliphatic rings. The second-order valence-electron chi connectivity index (χ2n) is 4.10. The van der Waals surface area contributed by atoms with Gasteiger partial charge in [-0.25, -0.2) is 0 Å². The number of rotatable bonds is 7. The van der Waals surface area contributed by atoms with Crippen molar-refractivity contribution in [3.8, 4) is 0 Å². The summed E-state index contributed by atoms with van der Waals surface area (Å²) in [7, 11) is 3.33. The van der Waals surface area contributed by atoms with Crippen LogP contribution in [0.25, 0.3) is 0 Å². The highest BCUT2D eigenvalue weighted by molar-refractivity contribution is 5.78. The summed E-state index contributed by atoms with van der Waals surface area (Å²) in [5.41, 5.74) is 0. The summed E-state index contributed by atoms with van der Waals surface area (Å²) in [6.45, 7) is 4.20. The number of likely N-dealkylation sites (N-methyl/N-ethyl adjacent to an activating group) is 1. The van der Waals surface area contributed by atoms with E-state index in [1.54, 1.807) is 25.9 Å². The highest BCUT2D eigenvalue weighted by Crippen LogP contribution is 2.08. The summed E-state index contributed by atoms with van der Waals surface area (Å²) in [5.74, 6) is -1.09. The molecule has 0 aromatic heterocycles. The van der Waals surface area contributed by atoms with Crippen LogP contribution >= 0.6 is 0 Å². The van der Waals surface area contributed by atoms with Crippen molar-refractivity contribution < 1.29 is 14.7 Å². The van der Waals surface area contributed by atoms with Crippen molar-refractivity contribution in [1.29, 1.82) is 0 Å². The van der Waals surface area contributed by atoms with Crippen LogP contribution in [0.3, 0.4) is 0 Å². The number of amides is 1. The fraction of sp³-hybridized carbons (Fsp3) is 0.818. The van der Waals surface area contributed by atoms with Crippen molar-refractivity contribution in [2.24, 2.45) is 5.92 Å². The zero-order valence-corrected chi connectivity index (χ0v) is 10.5. The Balaban J connectivity index is 4.34. The fourth-order valence-electron chi connectivity index (χ4n) is 1.69. The molecule has 16 heavy (non-hydrogen) atoms. The molecule has 5 heteroatoms. The van der Waals surface area contributed by atoms with Crippen LogP contribution in [0.2, 0.25) is 0 Å². The molecule has 0 aliphatic carbocycles. The van der Waals surface area contributed by atoms with Crippen LogP contribution in [0.5, 0.6) is 0 Å². The second-order valence-corrected chi connectivity index (χ2v) is 4.10. The molecule has 0 bridgehead atoms. The minimum atomic E-state index is -0.826. The highest BCUT2D eigenvalue weighted by atomic mass is 16.4. The summed E-state index contributed by atoms with van der Waals surface area (Å²) in [5, 5.41) is 11.6. The Morgan fingerprint density at radius 3 is 2.38 bits per heavy atom. The van der Waals surface area contributed by atoms with Gasteiger partial charge in [0.2, 0.25) is 5.91 Å². The van der Waals surface area contributed by atoms with Gasteiger partial charge in [0.1, 0.15) is 6.04 Å². The molecule has 0 saturated heterocycles. The van der Waals surface area contributed by atoms with Crippen molar-refractivity contribution in [2.45, 2.75) is 32.7 Å². The molecular formula is C11H22N2O3. The molecule has 5 nitrogen and oxygen atoms in total. The zero-order valence-electron chi connectivity index (χ0n) is 10.5. The topological polar surface area (TPSA) is 69.6 Å². The van der Waals surface area contributed by atoms with Gasteiger partial charge in [-0.3, -0.25) is 14.5 Å². The van der Waals surface area contributed by atoms with Gasteiger partial charge in [-0.15, -0.1) is 0 Å². The number of carboxylic acid groups (broad SMARTS) is 1. The molecule has 94 valence electrons. The van der Waals surface area contributed by atoms with E-state index in [2.05, 4.69) is 5.32 Å². The van der Waals surface area contributed by atoms with Gasteiger partial charge >= 0.3 is 5.97 Å². The van der Waals surface area contributed by atoms with E-state index in [4.69, 9.17) is 5.11 Å². The molecule has 0 fully saturated rings. The average Bonchev–Trinajstić information content (AvgIpc) is 2.23. The van der Waals surface area contributed by atoms with Gasteiger partial charge in [0.25, 0.3) is 0 Å². The van der Waals surface area contributed by atoms with Crippen LogP contribution in [0.1, 0.15) is 26.7 Å². The van der Waals surface area contributed by atoms with Crippen molar-refractivity contribution in [1.82, 2.24) is 10.2 Å². The number of hydrogen-bond donors (Lipinski definition) is 2. The van der Waals surface area contributed by atoms with Gasteiger partial charge in [0.05, 0.1) is 0 Å². The molecule has 0 heterocycles. The molecule has 0 radical (unpaired) electrons. The lowest BCUT2D eigenvalue weighted by Gasteiger charge is -2.26. The van der Waals surface area contributed by atoms with E-state index in [1.807, 2.05) is 6.92 Å². The maximum Gasteiger partial charge on any atom is 0.320 e. The predicted molar refractivity (Wildman–Crippen MR) is 62.2 cm³/mol. The molecule has 0 rings (SSSR count). The number of carboxylic acids is 1. The number of nitrogens with zero attached hydrogens (tertiary/aromatic N) is 1. The van der Waals surface area contributed by atoms with Crippen molar-refractivity contribution in [3.05, 3.63) is 0 Å². The molecule has 1 amide bonds. The minimum Gasteiger partial charge on any atom is -0.480 e. The van der Waals surface area contributed by atoms with E-state index in [0.717, 1.165) is 6.42 Å². The Morgan fingerprint density at radius 2 is 2.00 bits per heavy atom. The van der Waals surface area contributed by atoms with Crippen LogP contribution < -0.4 is 5.32 Å². The lowest BCUT2D eigenvalue weighted by molar-refractivity contribution is -0.143. The SMILES string of the molecule is CCCC(C(=O)O)N(C)CC(C)C(=O)NC.